The summed E-state index contributed by atoms with van der Waals surface area (Å²) < 4.78 is 1.79. The molecule has 0 aliphatic carbocycles. The van der Waals surface area contributed by atoms with E-state index in [-0.39, 0.29) is 5.69 Å². The fourth-order valence-electron chi connectivity index (χ4n) is 3.06. The number of aromatic amines is 1. The van der Waals surface area contributed by atoms with E-state index in [0.717, 1.165) is 16.6 Å². The summed E-state index contributed by atoms with van der Waals surface area (Å²) >= 11 is 0. The van der Waals surface area contributed by atoms with Crippen molar-refractivity contribution in [3.63, 3.8) is 0 Å². The van der Waals surface area contributed by atoms with E-state index in [1.54, 1.807) is 29.0 Å². The minimum absolute atomic E-state index is 0.00860. The molecule has 0 amide bonds. The lowest BCUT2D eigenvalue weighted by atomic mass is 10.2. The highest BCUT2D eigenvalue weighted by molar-refractivity contribution is 5.90. The maximum atomic E-state index is 11.1. The first kappa shape index (κ1) is 17.2. The number of nitriles is 1. The molecule has 0 bridgehead atoms. The Hall–Kier alpha value is -4.18. The van der Waals surface area contributed by atoms with Gasteiger partial charge >= 0.3 is 0 Å². The molecular formula is C21H15N5O2. The molecule has 136 valence electrons. The smallest absolute Gasteiger partial charge is 0.271 e. The number of non-ortho nitro benzene ring substituents is 1. The average Bonchev–Trinajstić information content (AvgIpc) is 3.32. The van der Waals surface area contributed by atoms with Gasteiger partial charge in [-0.05, 0) is 48.9 Å². The molecule has 0 aliphatic rings. The normalized spacial score (nSPS) is 11.5. The Bertz CT molecular complexity index is 1270. The third kappa shape index (κ3) is 3.15. The van der Waals surface area contributed by atoms with Gasteiger partial charge < -0.3 is 9.55 Å². The molecule has 2 heterocycles. The van der Waals surface area contributed by atoms with Gasteiger partial charge in [-0.2, -0.15) is 5.26 Å². The standard InChI is InChI=1S/C21H15N5O2/c1-14-7-8-19-20(10-14)24-21(23-19)15(13-22)11-16-6-3-9-25(16)17-4-2-5-18(12-17)26(27)28/h2-12H,1H3,(H,23,24). The highest BCUT2D eigenvalue weighted by Gasteiger charge is 2.12. The van der Waals surface area contributed by atoms with E-state index in [2.05, 4.69) is 16.0 Å². The summed E-state index contributed by atoms with van der Waals surface area (Å²) in [6.07, 6.45) is 3.51. The van der Waals surface area contributed by atoms with Crippen LogP contribution in [0.1, 0.15) is 17.1 Å². The van der Waals surface area contributed by atoms with Crippen LogP contribution in [0, 0.1) is 28.4 Å². The van der Waals surface area contributed by atoms with Crippen molar-refractivity contribution in [3.8, 4) is 11.8 Å². The molecule has 7 heteroatoms. The lowest BCUT2D eigenvalue weighted by Gasteiger charge is -2.06. The zero-order valence-corrected chi connectivity index (χ0v) is 15.0. The second kappa shape index (κ2) is 6.85. The third-order valence-electron chi connectivity index (χ3n) is 4.40. The highest BCUT2D eigenvalue weighted by Crippen LogP contribution is 2.23. The van der Waals surface area contributed by atoms with Crippen molar-refractivity contribution in [2.24, 2.45) is 0 Å². The molecule has 0 fully saturated rings. The van der Waals surface area contributed by atoms with Crippen LogP contribution in [0.5, 0.6) is 0 Å². The van der Waals surface area contributed by atoms with Crippen LogP contribution in [0.4, 0.5) is 5.69 Å². The van der Waals surface area contributed by atoms with Crippen molar-refractivity contribution in [1.29, 1.82) is 5.26 Å². The maximum Gasteiger partial charge on any atom is 0.271 e. The molecule has 2 aromatic heterocycles. The topological polar surface area (TPSA) is 101 Å². The van der Waals surface area contributed by atoms with Gasteiger partial charge in [0, 0.05) is 24.0 Å². The molecule has 0 unspecified atom stereocenters. The first-order valence-electron chi connectivity index (χ1n) is 8.56. The van der Waals surface area contributed by atoms with E-state index in [4.69, 9.17) is 0 Å². The van der Waals surface area contributed by atoms with Crippen molar-refractivity contribution in [2.75, 3.05) is 0 Å². The summed E-state index contributed by atoms with van der Waals surface area (Å²) in [5.74, 6) is 0.481. The van der Waals surface area contributed by atoms with Crippen LogP contribution in [0.15, 0.2) is 60.8 Å². The van der Waals surface area contributed by atoms with Crippen LogP contribution in [-0.2, 0) is 0 Å². The summed E-state index contributed by atoms with van der Waals surface area (Å²) in [5.41, 5.74) is 4.50. The zero-order valence-electron chi connectivity index (χ0n) is 15.0. The van der Waals surface area contributed by atoms with Gasteiger partial charge in [0.2, 0.25) is 0 Å². The van der Waals surface area contributed by atoms with E-state index in [9.17, 15) is 15.4 Å². The Labute approximate surface area is 160 Å². The predicted molar refractivity (Wildman–Crippen MR) is 107 cm³/mol. The van der Waals surface area contributed by atoms with Crippen molar-refractivity contribution < 1.29 is 4.92 Å². The van der Waals surface area contributed by atoms with Crippen LogP contribution in [0.2, 0.25) is 0 Å². The van der Waals surface area contributed by atoms with Crippen molar-refractivity contribution in [3.05, 3.63) is 88.0 Å². The van der Waals surface area contributed by atoms with Gasteiger partial charge in [-0.15, -0.1) is 0 Å². The lowest BCUT2D eigenvalue weighted by molar-refractivity contribution is -0.384. The van der Waals surface area contributed by atoms with E-state index >= 15 is 0 Å². The molecule has 0 saturated heterocycles. The number of nitrogens with one attached hydrogen (secondary N) is 1. The molecule has 0 spiro atoms. The predicted octanol–water partition coefficient (Wildman–Crippen LogP) is 4.63. The summed E-state index contributed by atoms with van der Waals surface area (Å²) in [6, 6.07) is 18.0. The summed E-state index contributed by atoms with van der Waals surface area (Å²) in [7, 11) is 0. The SMILES string of the molecule is Cc1ccc2nc(C(C#N)=Cc3cccn3-c3cccc([N+](=O)[O-])c3)[nH]c2c1. The molecule has 1 N–H and O–H groups in total. The second-order valence-electron chi connectivity index (χ2n) is 6.36. The number of hydrogen-bond donors (Lipinski definition) is 1. The third-order valence-corrected chi connectivity index (χ3v) is 4.40. The van der Waals surface area contributed by atoms with E-state index < -0.39 is 4.92 Å². The number of imidazole rings is 1. The minimum atomic E-state index is -0.431. The van der Waals surface area contributed by atoms with Gasteiger partial charge in [-0.3, -0.25) is 10.1 Å². The van der Waals surface area contributed by atoms with E-state index in [1.165, 1.54) is 12.1 Å². The van der Waals surface area contributed by atoms with Crippen molar-refractivity contribution in [2.45, 2.75) is 6.92 Å². The van der Waals surface area contributed by atoms with Gasteiger partial charge in [-0.1, -0.05) is 12.1 Å². The van der Waals surface area contributed by atoms with Crippen LogP contribution in [0.25, 0.3) is 28.4 Å². The molecular weight excluding hydrogens is 354 g/mol. The average molecular weight is 369 g/mol. The molecule has 28 heavy (non-hydrogen) atoms. The number of aryl methyl sites for hydroxylation is 1. The number of nitro groups is 1. The van der Waals surface area contributed by atoms with Crippen molar-refractivity contribution >= 4 is 28.4 Å². The Balaban J connectivity index is 1.78. The number of benzene rings is 2. The molecule has 0 atom stereocenters. The molecule has 0 aliphatic heterocycles. The maximum absolute atomic E-state index is 11.1. The monoisotopic (exact) mass is 369 g/mol. The molecule has 7 nitrogen and oxygen atoms in total. The molecule has 0 saturated carbocycles. The summed E-state index contributed by atoms with van der Waals surface area (Å²) in [4.78, 5) is 18.3. The molecule has 0 radical (unpaired) electrons. The Morgan fingerprint density at radius 2 is 2.11 bits per heavy atom. The van der Waals surface area contributed by atoms with Crippen LogP contribution < -0.4 is 0 Å². The quantitative estimate of drug-likeness (QED) is 0.322. The number of aromatic nitrogens is 3. The Morgan fingerprint density at radius 3 is 2.89 bits per heavy atom. The number of nitrogens with zero attached hydrogens (tertiary/aromatic N) is 4. The second-order valence-corrected chi connectivity index (χ2v) is 6.36. The zero-order chi connectivity index (χ0) is 19.7. The number of allylic oxidation sites excluding steroid dienone is 1. The number of H-pyrrole nitrogens is 1. The number of fused-ring (bicyclic) bond motifs is 1. The van der Waals surface area contributed by atoms with Gasteiger partial charge in [0.15, 0.2) is 0 Å². The van der Waals surface area contributed by atoms with Crippen LogP contribution >= 0.6 is 0 Å². The fourth-order valence-corrected chi connectivity index (χ4v) is 3.06. The van der Waals surface area contributed by atoms with Crippen molar-refractivity contribution in [1.82, 2.24) is 14.5 Å². The lowest BCUT2D eigenvalue weighted by Crippen LogP contribution is -1.97. The summed E-state index contributed by atoms with van der Waals surface area (Å²) in [6.45, 7) is 1.99. The van der Waals surface area contributed by atoms with Gasteiger partial charge in [0.25, 0.3) is 5.69 Å². The first-order valence-corrected chi connectivity index (χ1v) is 8.56. The van der Waals surface area contributed by atoms with Gasteiger partial charge in [-0.25, -0.2) is 4.98 Å². The number of nitro benzene ring substituents is 1. The minimum Gasteiger partial charge on any atom is -0.337 e. The Morgan fingerprint density at radius 1 is 1.25 bits per heavy atom. The van der Waals surface area contributed by atoms with Gasteiger partial charge in [0.1, 0.15) is 11.9 Å². The van der Waals surface area contributed by atoms with Crippen LogP contribution in [0.3, 0.4) is 0 Å². The van der Waals surface area contributed by atoms with E-state index in [1.807, 2.05) is 37.3 Å². The summed E-state index contributed by atoms with van der Waals surface area (Å²) in [5, 5.41) is 20.7. The fraction of sp³-hybridized carbons (Fsp3) is 0.0476. The largest absolute Gasteiger partial charge is 0.337 e. The van der Waals surface area contributed by atoms with Gasteiger partial charge in [0.05, 0.1) is 27.2 Å². The Kier molecular flexibility index (Phi) is 4.22. The molecule has 4 aromatic rings. The number of rotatable bonds is 4. The first-order chi connectivity index (χ1) is 13.5. The highest BCUT2D eigenvalue weighted by atomic mass is 16.6. The molecule has 2 aromatic carbocycles. The number of hydrogen-bond acceptors (Lipinski definition) is 4. The van der Waals surface area contributed by atoms with Crippen LogP contribution in [-0.4, -0.2) is 19.5 Å². The van der Waals surface area contributed by atoms with E-state index in [0.29, 0.717) is 22.8 Å². The molecule has 4 rings (SSSR count).